The maximum absolute atomic E-state index is 5.36. The van der Waals surface area contributed by atoms with Crippen molar-refractivity contribution in [2.24, 2.45) is 0 Å². The predicted molar refractivity (Wildman–Crippen MR) is 334 cm³/mol. The van der Waals surface area contributed by atoms with Crippen molar-refractivity contribution in [2.45, 2.75) is 26.2 Å². The van der Waals surface area contributed by atoms with Gasteiger partial charge < -0.3 is 9.80 Å². The van der Waals surface area contributed by atoms with Crippen molar-refractivity contribution in [3.63, 3.8) is 0 Å². The molecule has 14 rings (SSSR count). The molecule has 0 amide bonds. The number of hydrogen-bond acceptors (Lipinski definition) is 8. The highest BCUT2D eigenvalue weighted by molar-refractivity contribution is 7.03. The zero-order valence-corrected chi connectivity index (χ0v) is 46.8. The van der Waals surface area contributed by atoms with Crippen molar-refractivity contribution in [2.75, 3.05) is 9.80 Å². The van der Waals surface area contributed by atoms with Gasteiger partial charge in [-0.25, -0.2) is 29.9 Å². The third-order valence-electron chi connectivity index (χ3n) is 15.9. The van der Waals surface area contributed by atoms with Gasteiger partial charge in [-0.2, -0.15) is 0 Å². The Morgan fingerprint density at radius 1 is 0.225 bits per heavy atom. The zero-order chi connectivity index (χ0) is 54.0. The van der Waals surface area contributed by atoms with E-state index >= 15 is 0 Å². The molecular formula is C70H54N8Si2. The lowest BCUT2D eigenvalue weighted by Crippen LogP contribution is -2.58. The molecule has 2 aliphatic rings. The molecule has 0 N–H and O–H groups in total. The van der Waals surface area contributed by atoms with Gasteiger partial charge in [-0.1, -0.05) is 220 Å². The second-order valence-electron chi connectivity index (χ2n) is 21.6. The Bertz CT molecular complexity index is 3830. The minimum atomic E-state index is -2.15. The van der Waals surface area contributed by atoms with Gasteiger partial charge in [0.1, 0.15) is 16.1 Å². The molecule has 0 spiro atoms. The number of anilines is 6. The van der Waals surface area contributed by atoms with E-state index in [0.29, 0.717) is 34.9 Å². The lowest BCUT2D eigenvalue weighted by atomic mass is 9.97. The van der Waals surface area contributed by atoms with E-state index in [0.717, 1.165) is 55.9 Å². The SMILES string of the molecule is C[Si]1(C)c2ccccc2N(c2cc(-c3cc(-c4nc(-c5ccccc5)nc(-c5ccccc5)n4)cc(N4c5ccccc5[Si](C)(C)c5ccccc54)c3)cc(-c3nc(-c4ccccc4)nc(-c4ccccc4)n3)c2)c2ccccc21. The fourth-order valence-electron chi connectivity index (χ4n) is 11.8. The molecule has 10 heteroatoms. The Kier molecular flexibility index (Phi) is 11.9. The highest BCUT2D eigenvalue weighted by Crippen LogP contribution is 2.45. The summed E-state index contributed by atoms with van der Waals surface area (Å²) in [6, 6.07) is 90.3. The molecule has 0 fully saturated rings. The number of benzene rings is 10. The number of rotatable bonds is 9. The summed E-state index contributed by atoms with van der Waals surface area (Å²) in [6.07, 6.45) is 0. The van der Waals surface area contributed by atoms with Crippen LogP contribution in [0.5, 0.6) is 0 Å². The highest BCUT2D eigenvalue weighted by Gasteiger charge is 2.40. The van der Waals surface area contributed by atoms with Crippen LogP contribution in [0.1, 0.15) is 0 Å². The second kappa shape index (κ2) is 19.6. The third kappa shape index (κ3) is 8.53. The number of nitrogens with zero attached hydrogens (tertiary/aromatic N) is 8. The summed E-state index contributed by atoms with van der Waals surface area (Å²) in [5, 5.41) is 5.50. The van der Waals surface area contributed by atoms with E-state index in [1.165, 1.54) is 43.5 Å². The quantitative estimate of drug-likeness (QED) is 0.132. The van der Waals surface area contributed by atoms with Crippen molar-refractivity contribution >= 4 is 71.0 Å². The molecule has 8 nitrogen and oxygen atoms in total. The Morgan fingerprint density at radius 2 is 0.438 bits per heavy atom. The van der Waals surface area contributed by atoms with E-state index in [2.05, 4.69) is 218 Å². The van der Waals surface area contributed by atoms with Gasteiger partial charge in [0.2, 0.25) is 0 Å². The van der Waals surface area contributed by atoms with Crippen LogP contribution >= 0.6 is 0 Å². The maximum atomic E-state index is 5.36. The fourth-order valence-corrected chi connectivity index (χ4v) is 17.8. The zero-order valence-electron chi connectivity index (χ0n) is 44.8. The van der Waals surface area contributed by atoms with Crippen molar-refractivity contribution in [3.8, 4) is 79.5 Å². The summed E-state index contributed by atoms with van der Waals surface area (Å²) in [6.45, 7) is 9.86. The van der Waals surface area contributed by atoms with Crippen molar-refractivity contribution in [1.29, 1.82) is 0 Å². The second-order valence-corrected chi connectivity index (χ2v) is 30.3. The standard InChI is InChI=1S/C70H54N8Si2/c1-79(2)61-37-21-17-33-57(61)77(58-34-18-22-38-62(58)79)55-43-51(41-53(45-55)69-73-65(47-25-9-5-10-26-47)71-66(74-69)48-27-11-6-12-28-48)52-42-54(70-75-67(49-29-13-7-14-30-49)72-68(76-70)50-31-15-8-16-32-50)46-56(44-52)78-59-35-19-23-39-63(59)80(3,4)64-40-24-20-36-60(64)78/h5-46H,1-4H3. The molecule has 0 bridgehead atoms. The largest absolute Gasteiger partial charge is 0.311 e. The first kappa shape index (κ1) is 48.6. The number of hydrogen-bond donors (Lipinski definition) is 0. The molecular weight excluding hydrogens is 1010 g/mol. The number of fused-ring (bicyclic) bond motifs is 4. The average molecular weight is 1060 g/mol. The summed E-state index contributed by atoms with van der Waals surface area (Å²) in [7, 11) is -4.29. The van der Waals surface area contributed by atoms with Crippen LogP contribution in [-0.2, 0) is 0 Å². The molecule has 2 aliphatic heterocycles. The van der Waals surface area contributed by atoms with Crippen LogP contribution in [0.4, 0.5) is 34.1 Å². The summed E-state index contributed by atoms with van der Waals surface area (Å²) < 4.78 is 0. The molecule has 0 unspecified atom stereocenters. The van der Waals surface area contributed by atoms with E-state index in [1.807, 2.05) is 72.8 Å². The van der Waals surface area contributed by atoms with Crippen molar-refractivity contribution in [3.05, 3.63) is 255 Å². The van der Waals surface area contributed by atoms with Crippen LogP contribution in [0.25, 0.3) is 79.5 Å². The van der Waals surface area contributed by atoms with Gasteiger partial charge in [-0.15, -0.1) is 0 Å². The van der Waals surface area contributed by atoms with Gasteiger partial charge in [-0.05, 0) is 92.5 Å². The number of aromatic nitrogens is 6. The van der Waals surface area contributed by atoms with Gasteiger partial charge in [0.15, 0.2) is 34.9 Å². The molecule has 0 saturated heterocycles. The van der Waals surface area contributed by atoms with Crippen LogP contribution in [-0.4, -0.2) is 46.1 Å². The molecule has 4 heterocycles. The molecule has 0 saturated carbocycles. The summed E-state index contributed by atoms with van der Waals surface area (Å²) in [4.78, 5) is 36.6. The Hall–Kier alpha value is -9.75. The first-order valence-corrected chi connectivity index (χ1v) is 33.2. The molecule has 2 aromatic heterocycles. The normalized spacial score (nSPS) is 13.7. The first-order valence-electron chi connectivity index (χ1n) is 27.2. The Balaban J connectivity index is 1.07. The predicted octanol–water partition coefficient (Wildman–Crippen LogP) is 14.9. The molecule has 0 aliphatic carbocycles. The van der Waals surface area contributed by atoms with Gasteiger partial charge in [-0.3, -0.25) is 0 Å². The van der Waals surface area contributed by atoms with E-state index in [9.17, 15) is 0 Å². The fraction of sp³-hybridized carbons (Fsp3) is 0.0571. The molecule has 0 radical (unpaired) electrons. The molecule has 12 aromatic rings. The molecule has 382 valence electrons. The van der Waals surface area contributed by atoms with Gasteiger partial charge in [0.05, 0.1) is 0 Å². The topological polar surface area (TPSA) is 83.8 Å². The summed E-state index contributed by atoms with van der Waals surface area (Å²) in [5.41, 5.74) is 13.9. The number of para-hydroxylation sites is 4. The summed E-state index contributed by atoms with van der Waals surface area (Å²) >= 11 is 0. The van der Waals surface area contributed by atoms with Gasteiger partial charge >= 0.3 is 0 Å². The van der Waals surface area contributed by atoms with E-state index in [4.69, 9.17) is 29.9 Å². The lowest BCUT2D eigenvalue weighted by Gasteiger charge is -2.41. The molecule has 10 aromatic carbocycles. The third-order valence-corrected chi connectivity index (χ3v) is 23.0. The molecule has 0 atom stereocenters. The average Bonchev–Trinajstić information content (AvgIpc) is 3.66. The van der Waals surface area contributed by atoms with Gasteiger partial charge in [0, 0.05) is 67.5 Å². The minimum Gasteiger partial charge on any atom is -0.311 e. The Morgan fingerprint density at radius 3 is 0.700 bits per heavy atom. The highest BCUT2D eigenvalue weighted by atomic mass is 28.3. The van der Waals surface area contributed by atoms with Crippen LogP contribution in [0, 0.1) is 0 Å². The molecule has 80 heavy (non-hydrogen) atoms. The smallest absolute Gasteiger partial charge is 0.164 e. The van der Waals surface area contributed by atoms with Crippen LogP contribution in [0.15, 0.2) is 255 Å². The van der Waals surface area contributed by atoms with Gasteiger partial charge in [0.25, 0.3) is 0 Å². The monoisotopic (exact) mass is 1060 g/mol. The minimum absolute atomic E-state index is 0.564. The Labute approximate surface area is 468 Å². The van der Waals surface area contributed by atoms with Crippen LogP contribution in [0.2, 0.25) is 26.2 Å². The first-order chi connectivity index (χ1) is 39.2. The van der Waals surface area contributed by atoms with Crippen LogP contribution < -0.4 is 30.5 Å². The van der Waals surface area contributed by atoms with Crippen molar-refractivity contribution in [1.82, 2.24) is 29.9 Å². The van der Waals surface area contributed by atoms with Crippen molar-refractivity contribution < 1.29 is 0 Å². The van der Waals surface area contributed by atoms with E-state index in [1.54, 1.807) is 0 Å². The van der Waals surface area contributed by atoms with E-state index < -0.39 is 16.1 Å². The van der Waals surface area contributed by atoms with E-state index in [-0.39, 0.29) is 0 Å². The lowest BCUT2D eigenvalue weighted by molar-refractivity contribution is 1.07. The summed E-state index contributed by atoms with van der Waals surface area (Å²) in [5.74, 6) is 3.51. The maximum Gasteiger partial charge on any atom is 0.164 e. The van der Waals surface area contributed by atoms with Crippen LogP contribution in [0.3, 0.4) is 0 Å².